The van der Waals surface area contributed by atoms with Crippen molar-refractivity contribution in [2.24, 2.45) is 0 Å². The molecule has 0 fully saturated rings. The number of hydrogen-bond acceptors (Lipinski definition) is 3. The molecular formula is C63H42N6Si. The van der Waals surface area contributed by atoms with Gasteiger partial charge in [-0.25, -0.2) is 0 Å². The maximum atomic E-state index is 9.96. The van der Waals surface area contributed by atoms with Gasteiger partial charge in [0.2, 0.25) is 11.9 Å². The SMILES string of the molecule is [2H]c1c([2H])c([2H])c(-n2c3c([2H])c([2H])c([2H])c([2H])c3c3c([2H])c([2H])c([2H])c([2H])c32)c(-c2nc(-n3c4cc([Si](c5ccccc5)(c5ccccc5)c5ccccc5)ccc4c4c([2H])c([2H])c([2H])c([2H])c43)nc(-n3c4c([2H])c([2H])c([2H])c([2H])c4c4c([2H])c([2H])c([2H])c([2H])c43)n2)c1[2H]. The van der Waals surface area contributed by atoms with E-state index >= 15 is 0 Å². The Balaban J connectivity index is 1.25. The average molecular weight is 935 g/mol. The summed E-state index contributed by atoms with van der Waals surface area (Å²) in [6.45, 7) is 0. The van der Waals surface area contributed by atoms with E-state index in [1.807, 2.05) is 97.1 Å². The number of nitrogens with zero attached hydrogens (tertiary/aromatic N) is 6. The van der Waals surface area contributed by atoms with Crippen LogP contribution in [0.4, 0.5) is 0 Å². The third kappa shape index (κ3) is 5.95. The van der Waals surface area contributed by atoms with Crippen LogP contribution in [0.1, 0.15) is 32.9 Å². The predicted molar refractivity (Wildman–Crippen MR) is 292 cm³/mol. The Kier molecular flexibility index (Phi) is 5.19. The minimum absolute atomic E-state index is 0.0709. The number of rotatable bonds is 8. The average Bonchev–Trinajstić information content (AvgIpc) is 1.52. The van der Waals surface area contributed by atoms with E-state index in [0.717, 1.165) is 24.7 Å². The van der Waals surface area contributed by atoms with Crippen LogP contribution < -0.4 is 20.7 Å². The van der Waals surface area contributed by atoms with E-state index in [2.05, 4.69) is 0 Å². The highest BCUT2D eigenvalue weighted by molar-refractivity contribution is 7.20. The molecule has 0 aliphatic carbocycles. The largest absolute Gasteiger partial charge is 0.309 e. The van der Waals surface area contributed by atoms with Crippen molar-refractivity contribution in [3.63, 3.8) is 0 Å². The first-order valence-electron chi connectivity index (χ1n) is 33.8. The van der Waals surface area contributed by atoms with E-state index < -0.39 is 226 Å². The molecule has 0 bridgehead atoms. The summed E-state index contributed by atoms with van der Waals surface area (Å²) in [6.07, 6.45) is 0. The maximum Gasteiger partial charge on any atom is 0.240 e. The molecule has 0 radical (unpaired) electrons. The number of aromatic nitrogens is 6. The van der Waals surface area contributed by atoms with E-state index in [0.29, 0.717) is 5.19 Å². The molecule has 4 aromatic heterocycles. The third-order valence-corrected chi connectivity index (χ3v) is 17.4. The van der Waals surface area contributed by atoms with Gasteiger partial charge >= 0.3 is 0 Å². The molecule has 0 unspecified atom stereocenters. The minimum Gasteiger partial charge on any atom is -0.309 e. The standard InChI is InChI=1S/C63H42N6Si/c1-4-22-43(23-5-1)70(44-24-6-2-7-25-44,45-26-8-3-9-27-45)46-40-41-52-51-32-14-20-38-58(51)69(60(52)42-46)63-65-61(64-62(66-63)68-56-36-18-12-30-49(56)50-31-13-19-37-57(50)68)53-33-15-21-39-59(53)67-54-34-16-10-28-47(54)48-29-11-17-35-55(48)67/h1-42H/i10D,11D,12D,13D,14D,15D,16D,17D,18D,19D,20D,21D,28D,29D,30D,31D,32D,33D,34D,35D,36D,37D,38D,39D. The van der Waals surface area contributed by atoms with Gasteiger partial charge in [0, 0.05) is 37.9 Å². The molecule has 0 saturated carbocycles. The van der Waals surface area contributed by atoms with E-state index in [9.17, 15) is 20.6 Å². The summed E-state index contributed by atoms with van der Waals surface area (Å²) < 4.78 is 225. The van der Waals surface area contributed by atoms with Crippen molar-refractivity contribution in [2.45, 2.75) is 0 Å². The van der Waals surface area contributed by atoms with Gasteiger partial charge in [0.05, 0.1) is 71.7 Å². The van der Waals surface area contributed by atoms with Crippen LogP contribution in [0.5, 0.6) is 0 Å². The summed E-state index contributed by atoms with van der Waals surface area (Å²) in [5.41, 5.74) is -3.96. The van der Waals surface area contributed by atoms with Crippen molar-refractivity contribution in [3.05, 3.63) is 254 Å². The molecule has 0 aliphatic heterocycles. The molecule has 0 atom stereocenters. The van der Waals surface area contributed by atoms with Gasteiger partial charge in [0.25, 0.3) is 0 Å². The van der Waals surface area contributed by atoms with Crippen LogP contribution in [0.3, 0.4) is 0 Å². The smallest absolute Gasteiger partial charge is 0.240 e. The fraction of sp³-hybridized carbons (Fsp3) is 0. The fourth-order valence-corrected chi connectivity index (χ4v) is 14.6. The maximum absolute atomic E-state index is 9.96. The monoisotopic (exact) mass is 934 g/mol. The van der Waals surface area contributed by atoms with Gasteiger partial charge in [-0.1, -0.05) is 206 Å². The lowest BCUT2D eigenvalue weighted by Gasteiger charge is -2.34. The molecule has 0 amide bonds. The van der Waals surface area contributed by atoms with Crippen molar-refractivity contribution in [1.29, 1.82) is 0 Å². The molecule has 14 aromatic rings. The first-order chi connectivity index (χ1) is 44.7. The number of hydrogen-bond donors (Lipinski definition) is 0. The highest BCUT2D eigenvalue weighted by Crippen LogP contribution is 2.38. The van der Waals surface area contributed by atoms with Gasteiger partial charge in [-0.05, 0) is 69.1 Å². The summed E-state index contributed by atoms with van der Waals surface area (Å²) in [5, 5.41) is 1.66. The van der Waals surface area contributed by atoms with Crippen molar-refractivity contribution >= 4 is 94.2 Å². The molecule has 14 rings (SSSR count). The Morgan fingerprint density at radius 3 is 1.14 bits per heavy atom. The van der Waals surface area contributed by atoms with Crippen LogP contribution in [0.2, 0.25) is 0 Å². The number of benzene rings is 10. The lowest BCUT2D eigenvalue weighted by Crippen LogP contribution is -2.74. The highest BCUT2D eigenvalue weighted by Gasteiger charge is 2.41. The van der Waals surface area contributed by atoms with Gasteiger partial charge in [-0.15, -0.1) is 0 Å². The van der Waals surface area contributed by atoms with Gasteiger partial charge < -0.3 is 4.57 Å². The molecule has 70 heavy (non-hydrogen) atoms. The second-order valence-corrected chi connectivity index (χ2v) is 20.0. The van der Waals surface area contributed by atoms with Crippen molar-refractivity contribution in [2.75, 3.05) is 0 Å². The summed E-state index contributed by atoms with van der Waals surface area (Å²) in [7, 11) is -3.58. The van der Waals surface area contributed by atoms with Gasteiger partial charge in [-0.3, -0.25) is 9.13 Å². The van der Waals surface area contributed by atoms with E-state index in [-0.39, 0.29) is 21.8 Å². The van der Waals surface area contributed by atoms with Crippen LogP contribution in [-0.4, -0.2) is 36.7 Å². The lowest BCUT2D eigenvalue weighted by molar-refractivity contribution is 0.892. The van der Waals surface area contributed by atoms with Crippen LogP contribution >= 0.6 is 0 Å². The van der Waals surface area contributed by atoms with Gasteiger partial charge in [-0.2, -0.15) is 15.0 Å². The molecule has 0 aliphatic rings. The summed E-state index contributed by atoms with van der Waals surface area (Å²) in [4.78, 5) is 14.9. The normalized spacial score (nSPS) is 16.8. The van der Waals surface area contributed by atoms with Crippen LogP contribution in [-0.2, 0) is 0 Å². The molecule has 0 saturated heterocycles. The zero-order valence-corrected chi connectivity index (χ0v) is 37.1. The van der Waals surface area contributed by atoms with Gasteiger partial charge in [0.1, 0.15) is 0 Å². The number of fused-ring (bicyclic) bond motifs is 9. The Labute approximate surface area is 438 Å². The van der Waals surface area contributed by atoms with Crippen LogP contribution in [0.25, 0.3) is 94.4 Å². The van der Waals surface area contributed by atoms with E-state index in [1.54, 1.807) is 12.1 Å². The van der Waals surface area contributed by atoms with Crippen molar-refractivity contribution in [1.82, 2.24) is 28.7 Å². The first kappa shape index (κ1) is 22.7. The summed E-state index contributed by atoms with van der Waals surface area (Å²) in [6, 6.07) is 14.8. The number of para-hydroxylation sites is 6. The summed E-state index contributed by atoms with van der Waals surface area (Å²) in [5.74, 6) is -2.26. The molecule has 0 N–H and O–H groups in total. The third-order valence-electron chi connectivity index (χ3n) is 12.6. The van der Waals surface area contributed by atoms with Gasteiger partial charge in [0.15, 0.2) is 13.9 Å². The second-order valence-electron chi connectivity index (χ2n) is 16.2. The molecule has 328 valence electrons. The Morgan fingerprint density at radius 1 is 0.314 bits per heavy atom. The molecule has 4 heterocycles. The first-order valence-corrected chi connectivity index (χ1v) is 23.8. The molecular weight excluding hydrogens is 869 g/mol. The van der Waals surface area contributed by atoms with Crippen LogP contribution in [0.15, 0.2) is 254 Å². The Bertz CT molecular complexity index is 5490. The quantitative estimate of drug-likeness (QED) is 0.113. The van der Waals surface area contributed by atoms with E-state index in [1.165, 1.54) is 4.57 Å². The molecule has 10 aromatic carbocycles. The highest BCUT2D eigenvalue weighted by atomic mass is 28.3. The molecule has 6 nitrogen and oxygen atoms in total. The van der Waals surface area contributed by atoms with Crippen LogP contribution in [0, 0.1) is 0 Å². The van der Waals surface area contributed by atoms with Crippen molar-refractivity contribution in [3.8, 4) is 29.0 Å². The Morgan fingerprint density at radius 2 is 0.686 bits per heavy atom. The summed E-state index contributed by atoms with van der Waals surface area (Å²) >= 11 is 0. The van der Waals surface area contributed by atoms with E-state index in [4.69, 9.17) is 27.3 Å². The lowest BCUT2D eigenvalue weighted by atomic mass is 10.1. The second kappa shape index (κ2) is 16.0. The fourth-order valence-electron chi connectivity index (χ4n) is 9.79. The minimum atomic E-state index is -3.58. The van der Waals surface area contributed by atoms with Crippen molar-refractivity contribution < 1.29 is 32.9 Å². The molecule has 7 heteroatoms. The zero-order chi connectivity index (χ0) is 67.1. The Hall–Kier alpha value is -9.17. The molecule has 0 spiro atoms. The topological polar surface area (TPSA) is 53.5 Å². The zero-order valence-electron chi connectivity index (χ0n) is 60.1. The predicted octanol–water partition coefficient (Wildman–Crippen LogP) is 12.2.